The summed E-state index contributed by atoms with van der Waals surface area (Å²) in [6.45, 7) is 7.64. The van der Waals surface area contributed by atoms with Crippen LogP contribution in [-0.2, 0) is 17.8 Å². The fraction of sp³-hybridized carbons (Fsp3) is 0.588. The van der Waals surface area contributed by atoms with E-state index in [1.807, 2.05) is 24.7 Å². The molecule has 2 aromatic rings. The Morgan fingerprint density at radius 1 is 1.35 bits per heavy atom. The number of hydrogen-bond donors (Lipinski definition) is 0. The summed E-state index contributed by atoms with van der Waals surface area (Å²) in [5.74, 6) is 0.994. The van der Waals surface area contributed by atoms with Crippen LogP contribution < -0.4 is 0 Å². The molecular formula is C17H25N5O. The Balaban J connectivity index is 1.72. The number of hydrogen-bond acceptors (Lipinski definition) is 5. The summed E-state index contributed by atoms with van der Waals surface area (Å²) in [4.78, 5) is 6.82. The van der Waals surface area contributed by atoms with Crippen LogP contribution in [-0.4, -0.2) is 43.9 Å². The van der Waals surface area contributed by atoms with E-state index in [0.29, 0.717) is 12.1 Å². The molecule has 0 N–H and O–H groups in total. The van der Waals surface area contributed by atoms with E-state index < -0.39 is 0 Å². The Morgan fingerprint density at radius 3 is 2.96 bits per heavy atom. The molecule has 1 unspecified atom stereocenters. The van der Waals surface area contributed by atoms with Crippen molar-refractivity contribution >= 4 is 0 Å². The monoisotopic (exact) mass is 315 g/mol. The lowest BCUT2D eigenvalue weighted by Crippen LogP contribution is -2.32. The van der Waals surface area contributed by atoms with Crippen molar-refractivity contribution in [3.05, 3.63) is 42.2 Å². The lowest BCUT2D eigenvalue weighted by molar-refractivity contribution is 0.0660. The lowest BCUT2D eigenvalue weighted by Gasteiger charge is -2.25. The summed E-state index contributed by atoms with van der Waals surface area (Å²) in [5.41, 5.74) is 1.07. The minimum atomic E-state index is 0.314. The van der Waals surface area contributed by atoms with Crippen molar-refractivity contribution in [2.45, 2.75) is 51.9 Å². The second-order valence-electron chi connectivity index (χ2n) is 6.37. The summed E-state index contributed by atoms with van der Waals surface area (Å²) in [5, 5.41) is 8.38. The van der Waals surface area contributed by atoms with Crippen LogP contribution in [0.2, 0.25) is 0 Å². The van der Waals surface area contributed by atoms with Crippen LogP contribution in [0, 0.1) is 0 Å². The Bertz CT molecular complexity index is 592. The van der Waals surface area contributed by atoms with E-state index in [1.54, 1.807) is 0 Å². The fourth-order valence-corrected chi connectivity index (χ4v) is 2.99. The van der Waals surface area contributed by atoms with Crippen LogP contribution in [0.3, 0.4) is 0 Å². The average Bonchev–Trinajstić information content (AvgIpc) is 3.20. The van der Waals surface area contributed by atoms with Gasteiger partial charge in [-0.05, 0) is 38.8 Å². The molecule has 1 saturated heterocycles. The third kappa shape index (κ3) is 4.36. The van der Waals surface area contributed by atoms with Gasteiger partial charge in [0, 0.05) is 31.9 Å². The Kier molecular flexibility index (Phi) is 5.35. The van der Waals surface area contributed by atoms with Crippen LogP contribution >= 0.6 is 0 Å². The molecule has 0 aliphatic carbocycles. The minimum Gasteiger partial charge on any atom is -0.377 e. The van der Waals surface area contributed by atoms with Gasteiger partial charge in [-0.3, -0.25) is 9.88 Å². The zero-order chi connectivity index (χ0) is 16.1. The van der Waals surface area contributed by atoms with Crippen molar-refractivity contribution in [3.63, 3.8) is 0 Å². The van der Waals surface area contributed by atoms with Gasteiger partial charge in [0.1, 0.15) is 12.2 Å². The molecule has 2 aromatic heterocycles. The number of pyridine rings is 1. The van der Waals surface area contributed by atoms with E-state index in [1.165, 1.54) is 0 Å². The highest BCUT2D eigenvalue weighted by molar-refractivity contribution is 5.03. The second kappa shape index (κ2) is 7.66. The van der Waals surface area contributed by atoms with Crippen LogP contribution in [0.1, 0.15) is 44.2 Å². The molecule has 1 aliphatic rings. The largest absolute Gasteiger partial charge is 0.377 e. The number of aromatic nitrogens is 4. The first-order valence-electron chi connectivity index (χ1n) is 8.34. The SMILES string of the molecule is CC(C)n1cnnc1CN(Cc1ccccn1)CC1CCCO1. The van der Waals surface area contributed by atoms with Crippen LogP contribution in [0.15, 0.2) is 30.7 Å². The molecule has 124 valence electrons. The smallest absolute Gasteiger partial charge is 0.147 e. The average molecular weight is 315 g/mol. The van der Waals surface area contributed by atoms with Gasteiger partial charge in [0.2, 0.25) is 0 Å². The van der Waals surface area contributed by atoms with E-state index in [-0.39, 0.29) is 0 Å². The highest BCUT2D eigenvalue weighted by Crippen LogP contribution is 2.17. The highest BCUT2D eigenvalue weighted by atomic mass is 16.5. The summed E-state index contributed by atoms with van der Waals surface area (Å²) in [6, 6.07) is 6.40. The maximum absolute atomic E-state index is 5.81. The molecule has 0 amide bonds. The van der Waals surface area contributed by atoms with Crippen molar-refractivity contribution in [2.75, 3.05) is 13.2 Å². The van der Waals surface area contributed by atoms with E-state index >= 15 is 0 Å². The molecule has 1 fully saturated rings. The summed E-state index contributed by atoms with van der Waals surface area (Å²) >= 11 is 0. The van der Waals surface area contributed by atoms with E-state index in [0.717, 1.165) is 50.6 Å². The number of rotatable bonds is 7. The molecular weight excluding hydrogens is 290 g/mol. The molecule has 23 heavy (non-hydrogen) atoms. The number of nitrogens with zero attached hydrogens (tertiary/aromatic N) is 5. The van der Waals surface area contributed by atoms with Crippen molar-refractivity contribution in [2.24, 2.45) is 0 Å². The van der Waals surface area contributed by atoms with Crippen LogP contribution in [0.25, 0.3) is 0 Å². The van der Waals surface area contributed by atoms with Gasteiger partial charge in [-0.1, -0.05) is 6.07 Å². The predicted molar refractivity (Wildman–Crippen MR) is 87.7 cm³/mol. The normalized spacial score (nSPS) is 18.2. The van der Waals surface area contributed by atoms with Gasteiger partial charge in [-0.15, -0.1) is 10.2 Å². The van der Waals surface area contributed by atoms with Gasteiger partial charge in [-0.2, -0.15) is 0 Å². The summed E-state index contributed by atoms with van der Waals surface area (Å²) in [6.07, 6.45) is 6.26. The maximum Gasteiger partial charge on any atom is 0.147 e. The van der Waals surface area contributed by atoms with E-state index in [9.17, 15) is 0 Å². The molecule has 1 atom stereocenters. The second-order valence-corrected chi connectivity index (χ2v) is 6.37. The lowest BCUT2D eigenvalue weighted by atomic mass is 10.2. The topological polar surface area (TPSA) is 56.1 Å². The van der Waals surface area contributed by atoms with E-state index in [2.05, 4.69) is 44.6 Å². The Morgan fingerprint density at radius 2 is 2.26 bits per heavy atom. The third-order valence-corrected chi connectivity index (χ3v) is 4.17. The van der Waals surface area contributed by atoms with Gasteiger partial charge < -0.3 is 9.30 Å². The minimum absolute atomic E-state index is 0.314. The van der Waals surface area contributed by atoms with Crippen LogP contribution in [0.4, 0.5) is 0 Å². The summed E-state index contributed by atoms with van der Waals surface area (Å²) in [7, 11) is 0. The van der Waals surface area contributed by atoms with Crippen molar-refractivity contribution < 1.29 is 4.74 Å². The fourth-order valence-electron chi connectivity index (χ4n) is 2.99. The molecule has 0 saturated carbocycles. The highest BCUT2D eigenvalue weighted by Gasteiger charge is 2.21. The molecule has 6 nitrogen and oxygen atoms in total. The molecule has 1 aliphatic heterocycles. The van der Waals surface area contributed by atoms with Gasteiger partial charge >= 0.3 is 0 Å². The van der Waals surface area contributed by atoms with Crippen LogP contribution in [0.5, 0.6) is 0 Å². The maximum atomic E-state index is 5.81. The van der Waals surface area contributed by atoms with Crippen molar-refractivity contribution in [3.8, 4) is 0 Å². The quantitative estimate of drug-likeness (QED) is 0.785. The van der Waals surface area contributed by atoms with Crippen molar-refractivity contribution in [1.29, 1.82) is 0 Å². The molecule has 0 radical (unpaired) electrons. The van der Waals surface area contributed by atoms with Gasteiger partial charge in [0.05, 0.1) is 18.3 Å². The molecule has 3 heterocycles. The van der Waals surface area contributed by atoms with E-state index in [4.69, 9.17) is 4.74 Å². The summed E-state index contributed by atoms with van der Waals surface area (Å²) < 4.78 is 7.94. The first-order chi connectivity index (χ1) is 11.2. The predicted octanol–water partition coefficient (Wildman–Crippen LogP) is 2.44. The van der Waals surface area contributed by atoms with Gasteiger partial charge in [-0.25, -0.2) is 0 Å². The number of ether oxygens (including phenoxy) is 1. The van der Waals surface area contributed by atoms with Gasteiger partial charge in [0.15, 0.2) is 0 Å². The molecule has 3 rings (SSSR count). The molecule has 6 heteroatoms. The first-order valence-corrected chi connectivity index (χ1v) is 8.34. The zero-order valence-corrected chi connectivity index (χ0v) is 13.9. The molecule has 0 spiro atoms. The Labute approximate surface area is 137 Å². The molecule has 0 aromatic carbocycles. The molecule has 0 bridgehead atoms. The third-order valence-electron chi connectivity index (χ3n) is 4.17. The van der Waals surface area contributed by atoms with Gasteiger partial charge in [0.25, 0.3) is 0 Å². The standard InChI is InChI=1S/C17H25N5O/c1-14(2)22-13-19-20-17(22)12-21(11-16-7-5-9-23-16)10-15-6-3-4-8-18-15/h3-4,6,8,13-14,16H,5,7,9-12H2,1-2H3. The zero-order valence-electron chi connectivity index (χ0n) is 13.9. The van der Waals surface area contributed by atoms with Crippen molar-refractivity contribution in [1.82, 2.24) is 24.6 Å². The first kappa shape index (κ1) is 16.1. The Hall–Kier alpha value is -1.79.